The Morgan fingerprint density at radius 1 is 1.28 bits per heavy atom. The first-order valence-electron chi connectivity index (χ1n) is 6.51. The predicted octanol–water partition coefficient (Wildman–Crippen LogP) is 1.75. The first-order valence-corrected chi connectivity index (χ1v) is 7.30. The highest BCUT2D eigenvalue weighted by Crippen LogP contribution is 2.29. The number of ether oxygens (including phenoxy) is 1. The summed E-state index contributed by atoms with van der Waals surface area (Å²) in [6.07, 6.45) is 4.98. The number of pyridine rings is 1. The van der Waals surface area contributed by atoms with E-state index in [1.807, 2.05) is 12.4 Å². The maximum absolute atomic E-state index is 5.42. The van der Waals surface area contributed by atoms with E-state index < -0.39 is 0 Å². The maximum atomic E-state index is 5.42. The fraction of sp³-hybridized carbons (Fsp3) is 0.615. The molecule has 1 atom stereocenters. The van der Waals surface area contributed by atoms with Gasteiger partial charge in [0.05, 0.1) is 23.4 Å². The van der Waals surface area contributed by atoms with Crippen molar-refractivity contribution in [1.29, 1.82) is 0 Å². The third-order valence-electron chi connectivity index (χ3n) is 3.82. The van der Waals surface area contributed by atoms with Crippen molar-refractivity contribution in [3.8, 4) is 0 Å². The summed E-state index contributed by atoms with van der Waals surface area (Å²) in [4.78, 5) is 9.14. The zero-order valence-electron chi connectivity index (χ0n) is 10.4. The van der Waals surface area contributed by atoms with Crippen LogP contribution in [-0.2, 0) is 4.74 Å². The van der Waals surface area contributed by atoms with Gasteiger partial charge in [0.2, 0.25) is 0 Å². The molecule has 2 aliphatic rings. The van der Waals surface area contributed by atoms with Crippen LogP contribution in [-0.4, -0.2) is 55.3 Å². The lowest BCUT2D eigenvalue weighted by atomic mass is 10.2. The van der Waals surface area contributed by atoms with Crippen molar-refractivity contribution in [2.75, 3.05) is 44.3 Å². The van der Waals surface area contributed by atoms with Gasteiger partial charge in [-0.25, -0.2) is 0 Å². The summed E-state index contributed by atoms with van der Waals surface area (Å²) in [7, 11) is 0. The third kappa shape index (κ3) is 2.53. The summed E-state index contributed by atoms with van der Waals surface area (Å²) in [5.41, 5.74) is 1.26. The molecule has 4 nitrogen and oxygen atoms in total. The molecular formula is C13H18BrN3O. The molecule has 0 saturated carbocycles. The lowest BCUT2D eigenvalue weighted by Gasteiger charge is -2.32. The fourth-order valence-electron chi connectivity index (χ4n) is 2.83. The topological polar surface area (TPSA) is 28.6 Å². The molecule has 0 aromatic carbocycles. The summed E-state index contributed by atoms with van der Waals surface area (Å²) in [6.45, 7) is 6.17. The van der Waals surface area contributed by atoms with Gasteiger partial charge in [-0.3, -0.25) is 9.88 Å². The van der Waals surface area contributed by atoms with E-state index in [0.29, 0.717) is 6.04 Å². The lowest BCUT2D eigenvalue weighted by Crippen LogP contribution is -2.44. The Balaban J connectivity index is 1.66. The number of hydrogen-bond donors (Lipinski definition) is 0. The second-order valence-corrected chi connectivity index (χ2v) is 5.72. The molecule has 2 fully saturated rings. The van der Waals surface area contributed by atoms with Gasteiger partial charge in [0.15, 0.2) is 0 Å². The summed E-state index contributed by atoms with van der Waals surface area (Å²) in [5, 5.41) is 0. The van der Waals surface area contributed by atoms with Gasteiger partial charge < -0.3 is 9.64 Å². The van der Waals surface area contributed by atoms with Crippen LogP contribution >= 0.6 is 15.9 Å². The van der Waals surface area contributed by atoms with Gasteiger partial charge in [0.1, 0.15) is 0 Å². The average molecular weight is 312 g/mol. The Hall–Kier alpha value is -0.650. The molecule has 0 N–H and O–H groups in total. The Morgan fingerprint density at radius 2 is 2.11 bits per heavy atom. The number of halogens is 1. The van der Waals surface area contributed by atoms with Crippen LogP contribution in [0.15, 0.2) is 22.9 Å². The minimum atomic E-state index is 0.675. The number of hydrogen-bond acceptors (Lipinski definition) is 4. The quantitative estimate of drug-likeness (QED) is 0.832. The monoisotopic (exact) mass is 311 g/mol. The molecule has 0 bridgehead atoms. The molecule has 3 heterocycles. The Kier molecular flexibility index (Phi) is 3.82. The first kappa shape index (κ1) is 12.4. The van der Waals surface area contributed by atoms with Crippen molar-refractivity contribution in [2.24, 2.45) is 0 Å². The Labute approximate surface area is 116 Å². The minimum Gasteiger partial charge on any atom is -0.379 e. The SMILES string of the molecule is Brc1cnccc1N1CCC(N2CCOCC2)C1. The molecule has 0 spiro atoms. The molecular weight excluding hydrogens is 294 g/mol. The van der Waals surface area contributed by atoms with Crippen LogP contribution in [0.2, 0.25) is 0 Å². The first-order chi connectivity index (χ1) is 8.84. The number of nitrogens with zero attached hydrogens (tertiary/aromatic N) is 3. The third-order valence-corrected chi connectivity index (χ3v) is 4.43. The Bertz CT molecular complexity index is 409. The van der Waals surface area contributed by atoms with Crippen LogP contribution in [0.4, 0.5) is 5.69 Å². The highest BCUT2D eigenvalue weighted by Gasteiger charge is 2.29. The molecule has 2 aliphatic heterocycles. The average Bonchev–Trinajstić information content (AvgIpc) is 2.90. The molecule has 18 heavy (non-hydrogen) atoms. The number of rotatable bonds is 2. The normalized spacial score (nSPS) is 25.6. The fourth-order valence-corrected chi connectivity index (χ4v) is 3.33. The van der Waals surface area contributed by atoms with Gasteiger partial charge in [-0.1, -0.05) is 0 Å². The van der Waals surface area contributed by atoms with Gasteiger partial charge in [-0.2, -0.15) is 0 Å². The van der Waals surface area contributed by atoms with E-state index in [0.717, 1.165) is 43.9 Å². The molecule has 1 aromatic heterocycles. The van der Waals surface area contributed by atoms with Crippen molar-refractivity contribution >= 4 is 21.6 Å². The van der Waals surface area contributed by atoms with Crippen LogP contribution in [0, 0.1) is 0 Å². The van der Waals surface area contributed by atoms with E-state index in [4.69, 9.17) is 4.74 Å². The van der Waals surface area contributed by atoms with Crippen LogP contribution in [0.25, 0.3) is 0 Å². The summed E-state index contributed by atoms with van der Waals surface area (Å²) in [6, 6.07) is 2.76. The minimum absolute atomic E-state index is 0.675. The van der Waals surface area contributed by atoms with E-state index in [1.165, 1.54) is 12.1 Å². The largest absolute Gasteiger partial charge is 0.379 e. The second-order valence-electron chi connectivity index (χ2n) is 4.86. The van der Waals surface area contributed by atoms with Gasteiger partial charge in [-0.05, 0) is 28.4 Å². The van der Waals surface area contributed by atoms with Crippen LogP contribution in [0.3, 0.4) is 0 Å². The van der Waals surface area contributed by atoms with Crippen molar-refractivity contribution in [1.82, 2.24) is 9.88 Å². The molecule has 1 aromatic rings. The van der Waals surface area contributed by atoms with Crippen molar-refractivity contribution in [3.63, 3.8) is 0 Å². The molecule has 0 radical (unpaired) electrons. The molecule has 1 unspecified atom stereocenters. The molecule has 5 heteroatoms. The predicted molar refractivity (Wildman–Crippen MR) is 74.9 cm³/mol. The molecule has 0 aliphatic carbocycles. The molecule has 3 rings (SSSR count). The van der Waals surface area contributed by atoms with Gasteiger partial charge >= 0.3 is 0 Å². The highest BCUT2D eigenvalue weighted by molar-refractivity contribution is 9.10. The van der Waals surface area contributed by atoms with Crippen LogP contribution < -0.4 is 4.90 Å². The molecule has 2 saturated heterocycles. The van der Waals surface area contributed by atoms with Crippen molar-refractivity contribution < 1.29 is 4.74 Å². The summed E-state index contributed by atoms with van der Waals surface area (Å²) < 4.78 is 6.51. The van der Waals surface area contributed by atoms with Crippen molar-refractivity contribution in [3.05, 3.63) is 22.9 Å². The lowest BCUT2D eigenvalue weighted by molar-refractivity contribution is 0.0209. The highest BCUT2D eigenvalue weighted by atomic mass is 79.9. The zero-order chi connectivity index (χ0) is 12.4. The van der Waals surface area contributed by atoms with E-state index >= 15 is 0 Å². The van der Waals surface area contributed by atoms with Gasteiger partial charge in [0.25, 0.3) is 0 Å². The van der Waals surface area contributed by atoms with E-state index in [-0.39, 0.29) is 0 Å². The maximum Gasteiger partial charge on any atom is 0.0594 e. The second kappa shape index (κ2) is 5.55. The van der Waals surface area contributed by atoms with Crippen LogP contribution in [0.1, 0.15) is 6.42 Å². The van der Waals surface area contributed by atoms with E-state index in [9.17, 15) is 0 Å². The van der Waals surface area contributed by atoms with Crippen molar-refractivity contribution in [2.45, 2.75) is 12.5 Å². The van der Waals surface area contributed by atoms with Gasteiger partial charge in [-0.15, -0.1) is 0 Å². The zero-order valence-corrected chi connectivity index (χ0v) is 12.0. The smallest absolute Gasteiger partial charge is 0.0594 e. The number of morpholine rings is 1. The van der Waals surface area contributed by atoms with E-state index in [1.54, 1.807) is 0 Å². The van der Waals surface area contributed by atoms with Gasteiger partial charge in [0, 0.05) is 44.6 Å². The molecule has 0 amide bonds. The number of anilines is 1. The molecule has 98 valence electrons. The summed E-state index contributed by atoms with van der Waals surface area (Å²) in [5.74, 6) is 0. The Morgan fingerprint density at radius 3 is 2.89 bits per heavy atom. The van der Waals surface area contributed by atoms with E-state index in [2.05, 4.69) is 36.8 Å². The standard InChI is InChI=1S/C13H18BrN3O/c14-12-9-15-3-1-13(12)17-4-2-11(10-17)16-5-7-18-8-6-16/h1,3,9,11H,2,4-8,10H2. The number of aromatic nitrogens is 1. The summed E-state index contributed by atoms with van der Waals surface area (Å²) >= 11 is 3.58. The van der Waals surface area contributed by atoms with Crippen LogP contribution in [0.5, 0.6) is 0 Å².